The Morgan fingerprint density at radius 3 is 1.14 bits per heavy atom. The van der Waals surface area contributed by atoms with E-state index in [-0.39, 0.29) is 0 Å². The smallest absolute Gasteiger partial charge is 0.340 e. The molecule has 1 aromatic rings. The van der Waals surface area contributed by atoms with E-state index < -0.39 is 11.9 Å². The number of rotatable bonds is 34. The van der Waals surface area contributed by atoms with Crippen molar-refractivity contribution in [1.82, 2.24) is 0 Å². The van der Waals surface area contributed by atoms with E-state index >= 15 is 0 Å². The van der Waals surface area contributed by atoms with Crippen LogP contribution in [0.15, 0.2) is 30.4 Å². The van der Waals surface area contributed by atoms with Crippen molar-refractivity contribution in [3.8, 4) is 0 Å². The van der Waals surface area contributed by atoms with Crippen LogP contribution in [0.5, 0.6) is 0 Å². The highest BCUT2D eigenvalue weighted by Gasteiger charge is 2.27. The first kappa shape index (κ1) is 48.8. The largest absolute Gasteiger partial charge is 0.462 e. The molecule has 0 heterocycles. The summed E-state index contributed by atoms with van der Waals surface area (Å²) in [5.74, 6) is -0.849. The quantitative estimate of drug-likeness (QED) is 0.0227. The van der Waals surface area contributed by atoms with E-state index in [1.165, 1.54) is 141 Å². The zero-order valence-electron chi connectivity index (χ0n) is 32.4. The van der Waals surface area contributed by atoms with E-state index in [0.29, 0.717) is 24.3 Å². The Bertz CT molecular complexity index is 1080. The number of unbranched alkanes of at least 4 members (excludes halogenated alkanes) is 24. The van der Waals surface area contributed by atoms with Crippen LogP contribution in [0.2, 0.25) is 0 Å². The van der Waals surface area contributed by atoms with Gasteiger partial charge in [0.2, 0.25) is 0 Å². The third kappa shape index (κ3) is 26.3. The SMILES string of the molecule is CCCCCCCC/C=C\CCCCCCCCOC(=O)c1c(I)cc(I)c(I)c1C(=O)OCCCCCCCC/C=C\CCCCCCCC. The summed E-state index contributed by atoms with van der Waals surface area (Å²) in [7, 11) is 0. The highest BCUT2D eigenvalue weighted by Crippen LogP contribution is 2.29. The molecule has 0 amide bonds. The van der Waals surface area contributed by atoms with Gasteiger partial charge in [-0.2, -0.15) is 0 Å². The number of ether oxygens (including phenoxy) is 2. The number of carbonyl (C=O) groups excluding carboxylic acids is 2. The first-order valence-corrected chi connectivity index (χ1v) is 24.0. The summed E-state index contributed by atoms with van der Waals surface area (Å²) < 4.78 is 13.8. The summed E-state index contributed by atoms with van der Waals surface area (Å²) in [4.78, 5) is 26.4. The summed E-state index contributed by atoms with van der Waals surface area (Å²) >= 11 is 6.51. The molecule has 0 unspecified atom stereocenters. The number of carbonyl (C=O) groups is 2. The lowest BCUT2D eigenvalue weighted by atomic mass is 10.1. The van der Waals surface area contributed by atoms with Crippen LogP contribution in [0.3, 0.4) is 0 Å². The molecule has 0 spiro atoms. The standard InChI is InChI=1S/C44H71I3O4/c1-3-5-7-9-11-13-15-17-19-21-23-25-27-29-31-33-35-50-43(48)40-38(45)37-39(46)42(47)41(40)44(49)51-36-34-32-30-28-26-24-22-20-18-16-14-12-10-8-6-4-2/h17-20,37H,3-16,21-36H2,1-2H3/b19-17-,20-18-. The maximum atomic E-state index is 13.2. The van der Waals surface area contributed by atoms with Crippen LogP contribution >= 0.6 is 67.8 Å². The first-order chi connectivity index (χ1) is 24.9. The fraction of sp³-hybridized carbons (Fsp3) is 0.727. The molecule has 51 heavy (non-hydrogen) atoms. The highest BCUT2D eigenvalue weighted by molar-refractivity contribution is 14.1. The van der Waals surface area contributed by atoms with Gasteiger partial charge in [0.25, 0.3) is 0 Å². The van der Waals surface area contributed by atoms with Crippen molar-refractivity contribution in [1.29, 1.82) is 0 Å². The Kier molecular flexibility index (Phi) is 34.0. The van der Waals surface area contributed by atoms with Crippen LogP contribution in [0, 0.1) is 10.7 Å². The van der Waals surface area contributed by atoms with Gasteiger partial charge in [0.15, 0.2) is 0 Å². The Hall–Kier alpha value is -0.170. The van der Waals surface area contributed by atoms with Gasteiger partial charge in [-0.1, -0.05) is 154 Å². The molecule has 0 saturated carbocycles. The van der Waals surface area contributed by atoms with Gasteiger partial charge in [-0.15, -0.1) is 0 Å². The predicted molar refractivity (Wildman–Crippen MR) is 244 cm³/mol. The number of esters is 2. The lowest BCUT2D eigenvalue weighted by Gasteiger charge is -2.14. The molecule has 0 aliphatic rings. The molecule has 0 atom stereocenters. The number of allylic oxidation sites excluding steroid dienone is 4. The molecule has 0 saturated heterocycles. The van der Waals surface area contributed by atoms with Crippen molar-refractivity contribution in [3.63, 3.8) is 0 Å². The average Bonchev–Trinajstić information content (AvgIpc) is 3.12. The molecule has 1 rings (SSSR count). The molecule has 0 aromatic heterocycles. The molecule has 4 nitrogen and oxygen atoms in total. The van der Waals surface area contributed by atoms with Crippen LogP contribution in [0.1, 0.15) is 214 Å². The van der Waals surface area contributed by atoms with Crippen molar-refractivity contribution < 1.29 is 19.1 Å². The second-order valence-electron chi connectivity index (χ2n) is 14.1. The van der Waals surface area contributed by atoms with Crippen LogP contribution < -0.4 is 0 Å². The van der Waals surface area contributed by atoms with Crippen molar-refractivity contribution in [2.24, 2.45) is 0 Å². The Balaban J connectivity index is 2.22. The highest BCUT2D eigenvalue weighted by atomic mass is 127. The van der Waals surface area contributed by atoms with Crippen LogP contribution in [-0.2, 0) is 9.47 Å². The molecule has 0 bridgehead atoms. The summed E-state index contributed by atoms with van der Waals surface area (Å²) in [6.07, 6.45) is 44.2. The fourth-order valence-electron chi connectivity index (χ4n) is 6.16. The van der Waals surface area contributed by atoms with Gasteiger partial charge in [0.05, 0.1) is 24.3 Å². The lowest BCUT2D eigenvalue weighted by molar-refractivity contribution is 0.0448. The van der Waals surface area contributed by atoms with Crippen LogP contribution in [-0.4, -0.2) is 25.2 Å². The minimum atomic E-state index is -0.425. The molecule has 0 aliphatic carbocycles. The topological polar surface area (TPSA) is 52.6 Å². The van der Waals surface area contributed by atoms with Crippen LogP contribution in [0.25, 0.3) is 0 Å². The summed E-state index contributed by atoms with van der Waals surface area (Å²) in [5, 5.41) is 0. The number of halogens is 3. The minimum absolute atomic E-state index is 0.344. The monoisotopic (exact) mass is 1040 g/mol. The fourth-order valence-corrected chi connectivity index (χ4v) is 8.78. The Morgan fingerprint density at radius 1 is 0.451 bits per heavy atom. The number of hydrogen-bond acceptors (Lipinski definition) is 4. The van der Waals surface area contributed by atoms with E-state index in [2.05, 4.69) is 106 Å². The van der Waals surface area contributed by atoms with Gasteiger partial charge < -0.3 is 9.47 Å². The van der Waals surface area contributed by atoms with E-state index in [9.17, 15) is 9.59 Å². The number of benzene rings is 1. The van der Waals surface area contributed by atoms with Crippen molar-refractivity contribution in [2.75, 3.05) is 13.2 Å². The average molecular weight is 1040 g/mol. The molecule has 0 aliphatic heterocycles. The summed E-state index contributed by atoms with van der Waals surface area (Å²) in [6, 6.07) is 1.94. The molecule has 7 heteroatoms. The third-order valence-electron chi connectivity index (χ3n) is 9.36. The molecule has 0 radical (unpaired) electrons. The van der Waals surface area contributed by atoms with E-state index in [1.54, 1.807) is 0 Å². The zero-order chi connectivity index (χ0) is 37.2. The molecular formula is C44H71I3O4. The van der Waals surface area contributed by atoms with Crippen LogP contribution in [0.4, 0.5) is 0 Å². The third-order valence-corrected chi connectivity index (χ3v) is 13.2. The molecule has 1 aromatic carbocycles. The Labute approximate surface area is 354 Å². The van der Waals surface area contributed by atoms with Gasteiger partial charge in [-0.05, 0) is 138 Å². The van der Waals surface area contributed by atoms with E-state index in [4.69, 9.17) is 9.47 Å². The predicted octanol–water partition coefficient (Wildman–Crippen LogP) is 15.9. The lowest BCUT2D eigenvalue weighted by Crippen LogP contribution is -2.19. The van der Waals surface area contributed by atoms with E-state index in [1.807, 2.05) is 6.07 Å². The van der Waals surface area contributed by atoms with Gasteiger partial charge in [-0.25, -0.2) is 9.59 Å². The van der Waals surface area contributed by atoms with Gasteiger partial charge in [0.1, 0.15) is 0 Å². The minimum Gasteiger partial charge on any atom is -0.462 e. The summed E-state index contributed by atoms with van der Waals surface area (Å²) in [5.41, 5.74) is 0.693. The van der Waals surface area contributed by atoms with Gasteiger partial charge in [-0.3, -0.25) is 0 Å². The van der Waals surface area contributed by atoms with E-state index in [0.717, 1.165) is 49.2 Å². The first-order valence-electron chi connectivity index (χ1n) is 20.8. The van der Waals surface area contributed by atoms with Crippen molar-refractivity contribution >= 4 is 79.7 Å². The maximum absolute atomic E-state index is 13.2. The normalized spacial score (nSPS) is 11.6. The molecular weight excluding hydrogens is 973 g/mol. The van der Waals surface area contributed by atoms with Crippen molar-refractivity contribution in [2.45, 2.75) is 194 Å². The van der Waals surface area contributed by atoms with Gasteiger partial charge in [0, 0.05) is 10.7 Å². The maximum Gasteiger partial charge on any atom is 0.340 e. The second kappa shape index (κ2) is 35.5. The Morgan fingerprint density at radius 2 is 0.765 bits per heavy atom. The molecule has 0 fully saturated rings. The van der Waals surface area contributed by atoms with Crippen molar-refractivity contribution in [3.05, 3.63) is 52.2 Å². The number of hydrogen-bond donors (Lipinski definition) is 0. The molecule has 292 valence electrons. The summed E-state index contributed by atoms with van der Waals surface area (Å²) in [6.45, 7) is 5.29. The van der Waals surface area contributed by atoms with Gasteiger partial charge >= 0.3 is 11.9 Å². The molecule has 0 N–H and O–H groups in total. The second-order valence-corrected chi connectivity index (χ2v) is 17.5. The zero-order valence-corrected chi connectivity index (χ0v) is 38.8.